The second-order valence-corrected chi connectivity index (χ2v) is 4.81. The molecule has 0 spiro atoms. The summed E-state index contributed by atoms with van der Waals surface area (Å²) < 4.78 is 4.59. The largest absolute Gasteiger partial charge is 0.468 e. The number of methoxy groups -OCH3 is 1. The van der Waals surface area contributed by atoms with Crippen LogP contribution in [0.3, 0.4) is 0 Å². The van der Waals surface area contributed by atoms with Gasteiger partial charge in [0.25, 0.3) is 5.91 Å². The van der Waals surface area contributed by atoms with Crippen molar-refractivity contribution in [3.8, 4) is 0 Å². The maximum absolute atomic E-state index is 12.1. The van der Waals surface area contributed by atoms with E-state index in [0.29, 0.717) is 6.54 Å². The highest BCUT2D eigenvalue weighted by atomic mass is 16.5. The van der Waals surface area contributed by atoms with E-state index in [4.69, 9.17) is 0 Å². The predicted molar refractivity (Wildman–Crippen MR) is 72.5 cm³/mol. The summed E-state index contributed by atoms with van der Waals surface area (Å²) in [6.45, 7) is 3.99. The number of carbonyl (C=O) groups excluding carboxylic acids is 2. The number of hydrogen-bond donors (Lipinski definition) is 1. The highest BCUT2D eigenvalue weighted by Crippen LogP contribution is 2.33. The second-order valence-electron chi connectivity index (χ2n) is 4.81. The van der Waals surface area contributed by atoms with E-state index < -0.39 is 23.4 Å². The first-order chi connectivity index (χ1) is 9.52. The van der Waals surface area contributed by atoms with Gasteiger partial charge in [-0.25, -0.2) is 0 Å². The Morgan fingerprint density at radius 3 is 2.70 bits per heavy atom. The molecule has 0 saturated carbocycles. The third-order valence-electron chi connectivity index (χ3n) is 3.51. The second kappa shape index (κ2) is 5.46. The van der Waals surface area contributed by atoms with Gasteiger partial charge in [0.2, 0.25) is 0 Å². The lowest BCUT2D eigenvalue weighted by Gasteiger charge is -2.47. The van der Waals surface area contributed by atoms with Crippen LogP contribution in [0.25, 0.3) is 0 Å². The number of likely N-dealkylation sites (tertiary alicyclic amines) is 1. The number of esters is 1. The first-order valence-electron chi connectivity index (χ1n) is 6.29. The van der Waals surface area contributed by atoms with Crippen molar-refractivity contribution in [2.24, 2.45) is 5.92 Å². The van der Waals surface area contributed by atoms with Crippen LogP contribution < -0.4 is 0 Å². The van der Waals surface area contributed by atoms with Crippen LogP contribution in [0.4, 0.5) is 0 Å². The van der Waals surface area contributed by atoms with E-state index in [-0.39, 0.29) is 6.54 Å². The van der Waals surface area contributed by atoms with Crippen molar-refractivity contribution in [2.75, 3.05) is 13.7 Å². The lowest BCUT2D eigenvalue weighted by Crippen LogP contribution is -2.70. The molecule has 1 heterocycles. The predicted octanol–water partition coefficient (Wildman–Crippen LogP) is 0.735. The molecule has 1 saturated heterocycles. The number of aliphatic hydroxyl groups is 1. The molecule has 5 nitrogen and oxygen atoms in total. The van der Waals surface area contributed by atoms with Crippen molar-refractivity contribution in [3.63, 3.8) is 0 Å². The molecule has 0 aliphatic carbocycles. The van der Waals surface area contributed by atoms with Gasteiger partial charge in [0.05, 0.1) is 13.7 Å². The summed E-state index contributed by atoms with van der Waals surface area (Å²) in [6, 6.07) is 9.45. The maximum atomic E-state index is 12.1. The summed E-state index contributed by atoms with van der Waals surface area (Å²) in [4.78, 5) is 25.2. The number of hydrogen-bond acceptors (Lipinski definition) is 4. The Bertz CT molecular complexity index is 528. The van der Waals surface area contributed by atoms with Crippen LogP contribution in [0.2, 0.25) is 0 Å². The summed E-state index contributed by atoms with van der Waals surface area (Å²) in [6.07, 6.45) is 1.25. The van der Waals surface area contributed by atoms with Gasteiger partial charge in [0.15, 0.2) is 5.60 Å². The third-order valence-corrected chi connectivity index (χ3v) is 3.51. The van der Waals surface area contributed by atoms with Gasteiger partial charge in [-0.15, -0.1) is 6.58 Å². The summed E-state index contributed by atoms with van der Waals surface area (Å²) in [5.41, 5.74) is -0.764. The van der Waals surface area contributed by atoms with Crippen LogP contribution in [0, 0.1) is 5.92 Å². The van der Waals surface area contributed by atoms with Crippen LogP contribution in [0.5, 0.6) is 0 Å². The van der Waals surface area contributed by atoms with Gasteiger partial charge in [0, 0.05) is 6.54 Å². The van der Waals surface area contributed by atoms with Gasteiger partial charge >= 0.3 is 5.97 Å². The summed E-state index contributed by atoms with van der Waals surface area (Å²) in [5, 5.41) is 10.3. The van der Waals surface area contributed by atoms with Gasteiger partial charge in [-0.1, -0.05) is 36.4 Å². The molecule has 1 amide bonds. The zero-order valence-electron chi connectivity index (χ0n) is 11.3. The van der Waals surface area contributed by atoms with Gasteiger partial charge < -0.3 is 14.7 Å². The quantitative estimate of drug-likeness (QED) is 0.489. The van der Waals surface area contributed by atoms with Crippen LogP contribution in [0.1, 0.15) is 5.56 Å². The average Bonchev–Trinajstić information content (AvgIpc) is 2.48. The van der Waals surface area contributed by atoms with E-state index in [1.807, 2.05) is 30.3 Å². The molecule has 20 heavy (non-hydrogen) atoms. The van der Waals surface area contributed by atoms with Crippen LogP contribution in [-0.2, 0) is 20.9 Å². The highest BCUT2D eigenvalue weighted by molar-refractivity contribution is 5.96. The topological polar surface area (TPSA) is 66.8 Å². The first kappa shape index (κ1) is 14.3. The number of amides is 1. The lowest BCUT2D eigenvalue weighted by molar-refractivity contribution is -0.190. The Morgan fingerprint density at radius 2 is 2.20 bits per heavy atom. The molecule has 1 aromatic rings. The van der Waals surface area contributed by atoms with Crippen molar-refractivity contribution >= 4 is 11.9 Å². The smallest absolute Gasteiger partial charge is 0.316 e. The van der Waals surface area contributed by atoms with E-state index in [2.05, 4.69) is 11.3 Å². The fourth-order valence-electron chi connectivity index (χ4n) is 2.39. The number of rotatable bonds is 5. The van der Waals surface area contributed by atoms with E-state index in [1.54, 1.807) is 0 Å². The molecular weight excluding hydrogens is 258 g/mol. The van der Waals surface area contributed by atoms with Crippen molar-refractivity contribution < 1.29 is 19.4 Å². The molecule has 1 aliphatic rings. The number of nitrogens with zero attached hydrogens (tertiary/aromatic N) is 1. The van der Waals surface area contributed by atoms with Crippen molar-refractivity contribution in [3.05, 3.63) is 48.6 Å². The fourth-order valence-corrected chi connectivity index (χ4v) is 2.39. The minimum Gasteiger partial charge on any atom is -0.468 e. The van der Waals surface area contributed by atoms with E-state index >= 15 is 0 Å². The van der Waals surface area contributed by atoms with Crippen molar-refractivity contribution in [1.82, 2.24) is 4.90 Å². The molecule has 1 N–H and O–H groups in total. The zero-order valence-corrected chi connectivity index (χ0v) is 11.3. The highest BCUT2D eigenvalue weighted by Gasteiger charge is 2.57. The molecular formula is C15H17NO4. The number of benzene rings is 1. The molecule has 0 aromatic heterocycles. The SMILES string of the molecule is C=C[C@@H](C(=O)OC)[C@]1(O)CN(Cc2ccccc2)C1=O. The molecule has 1 aliphatic heterocycles. The Hall–Kier alpha value is -2.14. The molecule has 1 aromatic carbocycles. The summed E-state index contributed by atoms with van der Waals surface area (Å²) >= 11 is 0. The van der Waals surface area contributed by atoms with Crippen LogP contribution in [0.15, 0.2) is 43.0 Å². The molecule has 0 bridgehead atoms. The average molecular weight is 275 g/mol. The first-order valence-corrected chi connectivity index (χ1v) is 6.29. The van der Waals surface area contributed by atoms with E-state index in [1.165, 1.54) is 18.1 Å². The van der Waals surface area contributed by atoms with E-state index in [0.717, 1.165) is 5.56 Å². The zero-order chi connectivity index (χ0) is 14.8. The van der Waals surface area contributed by atoms with Crippen molar-refractivity contribution in [1.29, 1.82) is 0 Å². The Balaban J connectivity index is 2.07. The monoisotopic (exact) mass is 275 g/mol. The molecule has 1 fully saturated rings. The Labute approximate surface area is 117 Å². The minimum atomic E-state index is -1.73. The van der Waals surface area contributed by atoms with Crippen LogP contribution in [-0.4, -0.2) is 41.1 Å². The Kier molecular flexibility index (Phi) is 3.90. The molecule has 0 unspecified atom stereocenters. The number of ether oxygens (including phenoxy) is 1. The lowest BCUT2D eigenvalue weighted by atomic mass is 9.79. The van der Waals surface area contributed by atoms with Gasteiger partial charge in [-0.3, -0.25) is 9.59 Å². The fraction of sp³-hybridized carbons (Fsp3) is 0.333. The third kappa shape index (κ3) is 2.32. The minimum absolute atomic E-state index is 0.0898. The number of β-lactam (4-membered cyclic amide) rings is 1. The molecule has 106 valence electrons. The normalized spacial score (nSPS) is 22.9. The van der Waals surface area contributed by atoms with Crippen molar-refractivity contribution in [2.45, 2.75) is 12.1 Å². The van der Waals surface area contributed by atoms with Gasteiger partial charge in [0.1, 0.15) is 5.92 Å². The number of carbonyl (C=O) groups is 2. The Morgan fingerprint density at radius 1 is 1.55 bits per heavy atom. The maximum Gasteiger partial charge on any atom is 0.316 e. The molecule has 5 heteroatoms. The van der Waals surface area contributed by atoms with Gasteiger partial charge in [-0.2, -0.15) is 0 Å². The molecule has 2 atom stereocenters. The molecule has 2 rings (SSSR count). The standard InChI is InChI=1S/C15H17NO4/c1-3-12(13(17)20-2)15(19)10-16(14(15)18)9-11-7-5-4-6-8-11/h3-8,12,19H,1,9-10H2,2H3/t12-,15+/m0/s1. The van der Waals surface area contributed by atoms with Crippen LogP contribution >= 0.6 is 0 Å². The van der Waals surface area contributed by atoms with E-state index in [9.17, 15) is 14.7 Å². The summed E-state index contributed by atoms with van der Waals surface area (Å²) in [5.74, 6) is -2.17. The number of β-amino-alcohol motifs (C(OH)–C–C–N with tert-alkyl or cyclic N) is 1. The van der Waals surface area contributed by atoms with Gasteiger partial charge in [-0.05, 0) is 5.56 Å². The molecule has 0 radical (unpaired) electrons. The summed E-state index contributed by atoms with van der Waals surface area (Å²) in [7, 11) is 1.22.